The standard InChI is InChI=1S/C13H15BrN4/c1-13(2,3)12-17-10-7-9(14)8-16-11(10)18(12)6-4-5-15/h7-8H,4,6H2,1-3H3. The molecule has 0 atom stereocenters. The predicted molar refractivity (Wildman–Crippen MR) is 74.2 cm³/mol. The fraction of sp³-hybridized carbons (Fsp3) is 0.462. The van der Waals surface area contributed by atoms with Gasteiger partial charge in [0.25, 0.3) is 0 Å². The summed E-state index contributed by atoms with van der Waals surface area (Å²) in [6.07, 6.45) is 2.23. The molecule has 0 N–H and O–H groups in total. The van der Waals surface area contributed by atoms with Gasteiger partial charge in [-0.15, -0.1) is 0 Å². The number of aromatic nitrogens is 3. The van der Waals surface area contributed by atoms with E-state index in [2.05, 4.69) is 52.7 Å². The normalized spacial score (nSPS) is 11.7. The Balaban J connectivity index is 2.65. The van der Waals surface area contributed by atoms with Gasteiger partial charge in [0.15, 0.2) is 5.65 Å². The number of aryl methyl sites for hydroxylation is 1. The van der Waals surface area contributed by atoms with Gasteiger partial charge in [-0.1, -0.05) is 20.8 Å². The maximum Gasteiger partial charge on any atom is 0.160 e. The zero-order valence-electron chi connectivity index (χ0n) is 10.7. The molecule has 0 saturated heterocycles. The van der Waals surface area contributed by atoms with Crippen LogP contribution in [0.25, 0.3) is 11.2 Å². The topological polar surface area (TPSA) is 54.5 Å². The highest BCUT2D eigenvalue weighted by atomic mass is 79.9. The first-order chi connectivity index (χ1) is 8.43. The summed E-state index contributed by atoms with van der Waals surface area (Å²) in [5, 5.41) is 8.76. The highest BCUT2D eigenvalue weighted by Crippen LogP contribution is 2.26. The Kier molecular flexibility index (Phi) is 3.40. The van der Waals surface area contributed by atoms with E-state index in [0.29, 0.717) is 13.0 Å². The van der Waals surface area contributed by atoms with Crippen molar-refractivity contribution in [2.75, 3.05) is 0 Å². The average Bonchev–Trinajstić information content (AvgIpc) is 2.63. The molecule has 0 aliphatic heterocycles. The van der Waals surface area contributed by atoms with E-state index in [1.165, 1.54) is 0 Å². The number of rotatable bonds is 2. The second-order valence-corrected chi connectivity index (χ2v) is 6.16. The molecular formula is C13H15BrN4. The minimum absolute atomic E-state index is 0.0668. The molecule has 0 aliphatic rings. The molecule has 0 fully saturated rings. The quantitative estimate of drug-likeness (QED) is 0.854. The van der Waals surface area contributed by atoms with Gasteiger partial charge in [-0.25, -0.2) is 9.97 Å². The molecule has 0 aliphatic carbocycles. The van der Waals surface area contributed by atoms with Crippen LogP contribution in [0.5, 0.6) is 0 Å². The molecule has 0 amide bonds. The van der Waals surface area contributed by atoms with Crippen molar-refractivity contribution >= 4 is 27.1 Å². The lowest BCUT2D eigenvalue weighted by molar-refractivity contribution is 0.505. The van der Waals surface area contributed by atoms with Crippen molar-refractivity contribution in [2.45, 2.75) is 39.2 Å². The Morgan fingerprint density at radius 3 is 2.78 bits per heavy atom. The average molecular weight is 307 g/mol. The molecule has 0 radical (unpaired) electrons. The number of fused-ring (bicyclic) bond motifs is 1. The second-order valence-electron chi connectivity index (χ2n) is 5.24. The first-order valence-electron chi connectivity index (χ1n) is 5.82. The highest BCUT2D eigenvalue weighted by molar-refractivity contribution is 9.10. The van der Waals surface area contributed by atoms with E-state index in [0.717, 1.165) is 21.5 Å². The van der Waals surface area contributed by atoms with Gasteiger partial charge in [0, 0.05) is 22.6 Å². The predicted octanol–water partition coefficient (Wildman–Crippen LogP) is 3.40. The van der Waals surface area contributed by atoms with Crippen molar-refractivity contribution in [3.8, 4) is 6.07 Å². The Labute approximate surface area is 115 Å². The van der Waals surface area contributed by atoms with E-state index in [-0.39, 0.29) is 5.41 Å². The van der Waals surface area contributed by atoms with Crippen molar-refractivity contribution in [3.05, 3.63) is 22.6 Å². The van der Waals surface area contributed by atoms with Crippen LogP contribution in [-0.4, -0.2) is 14.5 Å². The molecule has 94 valence electrons. The van der Waals surface area contributed by atoms with Gasteiger partial charge in [-0.3, -0.25) is 0 Å². The van der Waals surface area contributed by atoms with Crippen molar-refractivity contribution in [3.63, 3.8) is 0 Å². The molecule has 0 spiro atoms. The summed E-state index contributed by atoms with van der Waals surface area (Å²) in [5.41, 5.74) is 1.65. The molecule has 0 saturated carbocycles. The first-order valence-corrected chi connectivity index (χ1v) is 6.62. The molecule has 0 unspecified atom stereocenters. The second kappa shape index (κ2) is 4.69. The molecule has 18 heavy (non-hydrogen) atoms. The third-order valence-corrected chi connectivity index (χ3v) is 3.10. The fourth-order valence-corrected chi connectivity index (χ4v) is 2.25. The van der Waals surface area contributed by atoms with Crippen LogP contribution in [0.4, 0.5) is 0 Å². The van der Waals surface area contributed by atoms with Crippen LogP contribution < -0.4 is 0 Å². The molecule has 0 aromatic carbocycles. The first kappa shape index (κ1) is 13.0. The summed E-state index contributed by atoms with van der Waals surface area (Å²) in [6, 6.07) is 4.13. The lowest BCUT2D eigenvalue weighted by Gasteiger charge is -2.19. The zero-order chi connectivity index (χ0) is 13.3. The molecule has 2 aromatic rings. The van der Waals surface area contributed by atoms with E-state index >= 15 is 0 Å². The summed E-state index contributed by atoms with van der Waals surface area (Å²) in [6.45, 7) is 6.98. The van der Waals surface area contributed by atoms with Crippen LogP contribution >= 0.6 is 15.9 Å². The molecule has 4 nitrogen and oxygen atoms in total. The number of pyridine rings is 1. The lowest BCUT2D eigenvalue weighted by Crippen LogP contribution is -2.19. The van der Waals surface area contributed by atoms with Gasteiger partial charge >= 0.3 is 0 Å². The lowest BCUT2D eigenvalue weighted by atomic mass is 9.95. The summed E-state index contributed by atoms with van der Waals surface area (Å²) >= 11 is 3.41. The van der Waals surface area contributed by atoms with Gasteiger partial charge in [0.2, 0.25) is 0 Å². The molecular weight excluding hydrogens is 292 g/mol. The van der Waals surface area contributed by atoms with Gasteiger partial charge in [0.1, 0.15) is 11.3 Å². The summed E-state index contributed by atoms with van der Waals surface area (Å²) < 4.78 is 2.96. The van der Waals surface area contributed by atoms with Crippen molar-refractivity contribution < 1.29 is 0 Å². The van der Waals surface area contributed by atoms with E-state index in [9.17, 15) is 0 Å². The summed E-state index contributed by atoms with van der Waals surface area (Å²) in [7, 11) is 0. The Bertz CT molecular complexity index is 616. The van der Waals surface area contributed by atoms with Gasteiger partial charge in [0.05, 0.1) is 12.5 Å². The molecule has 2 heterocycles. The number of halogens is 1. The number of nitrogens with zero attached hydrogens (tertiary/aromatic N) is 4. The highest BCUT2D eigenvalue weighted by Gasteiger charge is 2.23. The number of hydrogen-bond acceptors (Lipinski definition) is 3. The van der Waals surface area contributed by atoms with E-state index < -0.39 is 0 Å². The molecule has 2 aromatic heterocycles. The minimum atomic E-state index is -0.0668. The minimum Gasteiger partial charge on any atom is -0.311 e. The number of nitriles is 1. The number of imidazole rings is 1. The van der Waals surface area contributed by atoms with Crippen LogP contribution in [0.3, 0.4) is 0 Å². The SMILES string of the molecule is CC(C)(C)c1nc2cc(Br)cnc2n1CCC#N. The summed E-state index contributed by atoms with van der Waals surface area (Å²) in [4.78, 5) is 9.07. The van der Waals surface area contributed by atoms with Crippen molar-refractivity contribution in [1.82, 2.24) is 14.5 Å². The summed E-state index contributed by atoms with van der Waals surface area (Å²) in [5.74, 6) is 0.971. The van der Waals surface area contributed by atoms with Crippen LogP contribution in [0.15, 0.2) is 16.7 Å². The van der Waals surface area contributed by atoms with Crippen molar-refractivity contribution in [1.29, 1.82) is 5.26 Å². The van der Waals surface area contributed by atoms with E-state index in [1.807, 2.05) is 10.6 Å². The Hall–Kier alpha value is -1.41. The van der Waals surface area contributed by atoms with Gasteiger partial charge in [-0.2, -0.15) is 5.26 Å². The molecule has 5 heteroatoms. The molecule has 0 bridgehead atoms. The largest absolute Gasteiger partial charge is 0.311 e. The number of hydrogen-bond donors (Lipinski definition) is 0. The van der Waals surface area contributed by atoms with Crippen LogP contribution in [0, 0.1) is 11.3 Å². The smallest absolute Gasteiger partial charge is 0.160 e. The van der Waals surface area contributed by atoms with Crippen LogP contribution in [-0.2, 0) is 12.0 Å². The van der Waals surface area contributed by atoms with Crippen molar-refractivity contribution in [2.24, 2.45) is 0 Å². The van der Waals surface area contributed by atoms with Gasteiger partial charge in [-0.05, 0) is 22.0 Å². The third kappa shape index (κ3) is 2.39. The Morgan fingerprint density at radius 2 is 2.17 bits per heavy atom. The van der Waals surface area contributed by atoms with Gasteiger partial charge < -0.3 is 4.57 Å². The van der Waals surface area contributed by atoms with E-state index in [1.54, 1.807) is 6.20 Å². The molecule has 2 rings (SSSR count). The van der Waals surface area contributed by atoms with E-state index in [4.69, 9.17) is 5.26 Å². The maximum absolute atomic E-state index is 8.76. The zero-order valence-corrected chi connectivity index (χ0v) is 12.3. The maximum atomic E-state index is 8.76. The fourth-order valence-electron chi connectivity index (χ4n) is 1.93. The van der Waals surface area contributed by atoms with Crippen LogP contribution in [0.1, 0.15) is 33.0 Å². The Morgan fingerprint density at radius 1 is 1.44 bits per heavy atom. The third-order valence-electron chi connectivity index (χ3n) is 2.67. The monoisotopic (exact) mass is 306 g/mol. The van der Waals surface area contributed by atoms with Crippen LogP contribution in [0.2, 0.25) is 0 Å².